The van der Waals surface area contributed by atoms with E-state index in [-0.39, 0.29) is 11.7 Å². The van der Waals surface area contributed by atoms with Gasteiger partial charge >= 0.3 is 0 Å². The van der Waals surface area contributed by atoms with E-state index in [4.69, 9.17) is 9.15 Å². The summed E-state index contributed by atoms with van der Waals surface area (Å²) in [5.74, 6) is 2.15. The van der Waals surface area contributed by atoms with Crippen LogP contribution in [0.3, 0.4) is 0 Å². The van der Waals surface area contributed by atoms with E-state index in [1.807, 2.05) is 27.7 Å². The van der Waals surface area contributed by atoms with Crippen molar-refractivity contribution in [3.05, 3.63) is 77.3 Å². The predicted molar refractivity (Wildman–Crippen MR) is 111 cm³/mol. The van der Waals surface area contributed by atoms with Crippen LogP contribution in [0.5, 0.6) is 11.6 Å². The monoisotopic (exact) mass is 403 g/mol. The van der Waals surface area contributed by atoms with E-state index in [2.05, 4.69) is 20.4 Å². The lowest BCUT2D eigenvalue weighted by molar-refractivity contribution is 0.0996. The molecule has 4 aromatic rings. The van der Waals surface area contributed by atoms with Crippen molar-refractivity contribution < 1.29 is 13.9 Å². The molecule has 30 heavy (non-hydrogen) atoms. The molecule has 0 aliphatic heterocycles. The number of carbonyl (C=O) groups is 1. The molecule has 152 valence electrons. The summed E-state index contributed by atoms with van der Waals surface area (Å²) in [6, 6.07) is 12.0. The summed E-state index contributed by atoms with van der Waals surface area (Å²) in [6.07, 6.45) is 1.46. The number of aryl methyl sites for hydroxylation is 2. The number of hydrogen-bond donors (Lipinski definition) is 1. The first-order chi connectivity index (χ1) is 14.4. The highest BCUT2D eigenvalue weighted by Gasteiger charge is 2.13. The van der Waals surface area contributed by atoms with Crippen LogP contribution in [-0.4, -0.2) is 25.7 Å². The largest absolute Gasteiger partial charge is 0.459 e. The second-order valence-corrected chi connectivity index (χ2v) is 6.88. The van der Waals surface area contributed by atoms with Crippen molar-refractivity contribution in [1.82, 2.24) is 19.7 Å². The summed E-state index contributed by atoms with van der Waals surface area (Å²) in [5.41, 5.74) is 3.73. The number of hydrogen-bond acceptors (Lipinski definition) is 6. The highest BCUT2D eigenvalue weighted by Crippen LogP contribution is 2.24. The van der Waals surface area contributed by atoms with Gasteiger partial charge in [-0.2, -0.15) is 10.1 Å². The Hall–Kier alpha value is -3.94. The van der Waals surface area contributed by atoms with Crippen molar-refractivity contribution in [3.8, 4) is 17.4 Å². The second-order valence-electron chi connectivity index (χ2n) is 6.88. The molecule has 0 aliphatic carbocycles. The molecule has 1 N–H and O–H groups in total. The minimum Gasteiger partial charge on any atom is -0.459 e. The molecule has 0 saturated carbocycles. The number of benzene rings is 1. The summed E-state index contributed by atoms with van der Waals surface area (Å²) in [7, 11) is 0. The Morgan fingerprint density at radius 2 is 1.83 bits per heavy atom. The minimum absolute atomic E-state index is 0.249. The maximum atomic E-state index is 12.1. The Labute approximate surface area is 173 Å². The van der Waals surface area contributed by atoms with Crippen LogP contribution >= 0.6 is 0 Å². The number of amides is 1. The maximum absolute atomic E-state index is 12.1. The third-order valence-corrected chi connectivity index (χ3v) is 4.75. The van der Waals surface area contributed by atoms with Crippen LogP contribution < -0.4 is 10.1 Å². The van der Waals surface area contributed by atoms with Crippen LogP contribution in [0.4, 0.5) is 5.69 Å². The zero-order chi connectivity index (χ0) is 21.3. The van der Waals surface area contributed by atoms with Crippen molar-refractivity contribution in [2.75, 3.05) is 5.32 Å². The number of anilines is 1. The Bertz CT molecular complexity index is 1190. The fourth-order valence-electron chi connectivity index (χ4n) is 2.96. The smallest absolute Gasteiger partial charge is 0.291 e. The van der Waals surface area contributed by atoms with Crippen molar-refractivity contribution in [2.24, 2.45) is 0 Å². The van der Waals surface area contributed by atoms with E-state index < -0.39 is 0 Å². The SMILES string of the molecule is Cc1nc(Oc2ccc(NC(=O)c3ccco3)cc2)cc(-n2nc(C)c(C)c2C)n1. The van der Waals surface area contributed by atoms with Gasteiger partial charge in [0.1, 0.15) is 11.6 Å². The fourth-order valence-corrected chi connectivity index (χ4v) is 2.96. The number of ether oxygens (including phenoxy) is 1. The van der Waals surface area contributed by atoms with Crippen LogP contribution in [0.1, 0.15) is 33.3 Å². The molecule has 0 radical (unpaired) electrons. The number of carbonyl (C=O) groups excluding carboxylic acids is 1. The molecule has 0 atom stereocenters. The quantitative estimate of drug-likeness (QED) is 0.526. The lowest BCUT2D eigenvalue weighted by Gasteiger charge is -2.10. The Morgan fingerprint density at radius 1 is 1.07 bits per heavy atom. The number of nitrogens with one attached hydrogen (secondary N) is 1. The van der Waals surface area contributed by atoms with Crippen molar-refractivity contribution in [2.45, 2.75) is 27.7 Å². The topological polar surface area (TPSA) is 95.1 Å². The first kappa shape index (κ1) is 19.4. The fraction of sp³-hybridized carbons (Fsp3) is 0.182. The molecule has 0 unspecified atom stereocenters. The number of furan rings is 1. The van der Waals surface area contributed by atoms with E-state index >= 15 is 0 Å². The van der Waals surface area contributed by atoms with Gasteiger partial charge in [0.2, 0.25) is 5.88 Å². The van der Waals surface area contributed by atoms with Crippen molar-refractivity contribution >= 4 is 11.6 Å². The van der Waals surface area contributed by atoms with Gasteiger partial charge in [-0.25, -0.2) is 9.67 Å². The maximum Gasteiger partial charge on any atom is 0.291 e. The summed E-state index contributed by atoms with van der Waals surface area (Å²) < 4.78 is 12.8. The first-order valence-corrected chi connectivity index (χ1v) is 9.42. The molecule has 0 bridgehead atoms. The highest BCUT2D eigenvalue weighted by molar-refractivity contribution is 6.02. The van der Waals surface area contributed by atoms with Crippen LogP contribution in [0.15, 0.2) is 53.1 Å². The zero-order valence-corrected chi connectivity index (χ0v) is 17.1. The van der Waals surface area contributed by atoms with E-state index in [1.54, 1.807) is 47.1 Å². The van der Waals surface area contributed by atoms with Crippen molar-refractivity contribution in [3.63, 3.8) is 0 Å². The Balaban J connectivity index is 1.52. The number of aromatic nitrogens is 4. The molecule has 1 amide bonds. The highest BCUT2D eigenvalue weighted by atomic mass is 16.5. The average Bonchev–Trinajstić information content (AvgIpc) is 3.34. The number of rotatable bonds is 5. The van der Waals surface area contributed by atoms with E-state index in [0.717, 1.165) is 17.0 Å². The van der Waals surface area contributed by atoms with Crippen LogP contribution in [0, 0.1) is 27.7 Å². The second kappa shape index (κ2) is 7.82. The molecule has 0 spiro atoms. The van der Waals surface area contributed by atoms with E-state index in [1.165, 1.54) is 6.26 Å². The van der Waals surface area contributed by atoms with Gasteiger partial charge in [0.05, 0.1) is 12.0 Å². The number of nitrogens with zero attached hydrogens (tertiary/aromatic N) is 4. The Morgan fingerprint density at radius 3 is 2.47 bits per heavy atom. The van der Waals surface area contributed by atoms with Crippen molar-refractivity contribution in [1.29, 1.82) is 0 Å². The van der Waals surface area contributed by atoms with E-state index in [9.17, 15) is 4.79 Å². The first-order valence-electron chi connectivity index (χ1n) is 9.42. The van der Waals surface area contributed by atoms with Gasteiger partial charge in [0.25, 0.3) is 5.91 Å². The molecule has 0 saturated heterocycles. The molecular formula is C22H21N5O3. The van der Waals surface area contributed by atoms with Crippen LogP contribution in [0.25, 0.3) is 5.82 Å². The lowest BCUT2D eigenvalue weighted by atomic mass is 10.2. The van der Waals surface area contributed by atoms with Gasteiger partial charge in [-0.15, -0.1) is 0 Å². The Kier molecular flexibility index (Phi) is 5.05. The summed E-state index contributed by atoms with van der Waals surface area (Å²) in [5, 5.41) is 7.32. The molecule has 3 heterocycles. The van der Waals surface area contributed by atoms with Gasteiger partial charge in [-0.3, -0.25) is 4.79 Å². The van der Waals surface area contributed by atoms with Gasteiger partial charge in [0, 0.05) is 17.4 Å². The summed E-state index contributed by atoms with van der Waals surface area (Å²) >= 11 is 0. The van der Waals surface area contributed by atoms with Gasteiger partial charge < -0.3 is 14.5 Å². The van der Waals surface area contributed by atoms with Crippen LogP contribution in [0.2, 0.25) is 0 Å². The molecule has 4 rings (SSSR count). The minimum atomic E-state index is -0.315. The predicted octanol–water partition coefficient (Wildman–Crippen LogP) is 4.53. The van der Waals surface area contributed by atoms with E-state index in [0.29, 0.717) is 29.0 Å². The molecule has 3 aromatic heterocycles. The molecule has 1 aromatic carbocycles. The third kappa shape index (κ3) is 3.93. The lowest BCUT2D eigenvalue weighted by Crippen LogP contribution is -2.10. The molecule has 8 nitrogen and oxygen atoms in total. The standard InChI is InChI=1S/C22H21N5O3/c1-13-14(2)26-27(15(13)3)20-12-21(24-16(4)23-20)30-18-9-7-17(8-10-18)25-22(28)19-6-5-11-29-19/h5-12H,1-4H3,(H,25,28). The van der Waals surface area contributed by atoms with Gasteiger partial charge in [-0.1, -0.05) is 0 Å². The van der Waals surface area contributed by atoms with Gasteiger partial charge in [0.15, 0.2) is 11.6 Å². The summed E-state index contributed by atoms with van der Waals surface area (Å²) in [6.45, 7) is 7.81. The molecule has 0 aliphatic rings. The average molecular weight is 403 g/mol. The molecule has 8 heteroatoms. The normalized spacial score (nSPS) is 10.8. The molecule has 0 fully saturated rings. The van der Waals surface area contributed by atoms with Gasteiger partial charge in [-0.05, 0) is 69.7 Å². The summed E-state index contributed by atoms with van der Waals surface area (Å²) in [4.78, 5) is 20.9. The third-order valence-electron chi connectivity index (χ3n) is 4.75. The molecular weight excluding hydrogens is 382 g/mol. The zero-order valence-electron chi connectivity index (χ0n) is 17.1. The van der Waals surface area contributed by atoms with Crippen LogP contribution in [-0.2, 0) is 0 Å².